The summed E-state index contributed by atoms with van der Waals surface area (Å²) >= 11 is 0. The fraction of sp³-hybridized carbons (Fsp3) is 0.0909. The molecule has 0 bridgehead atoms. The molecule has 0 aliphatic carbocycles. The van der Waals surface area contributed by atoms with Crippen LogP contribution < -0.4 is 0 Å². The quantitative estimate of drug-likeness (QED) is 0.857. The zero-order chi connectivity index (χ0) is 11.5. The van der Waals surface area contributed by atoms with Crippen molar-refractivity contribution in [3.8, 4) is 0 Å². The Labute approximate surface area is 90.9 Å². The van der Waals surface area contributed by atoms with E-state index in [-0.39, 0.29) is 11.5 Å². The Morgan fingerprint density at radius 1 is 1.31 bits per heavy atom. The number of halogens is 1. The maximum absolute atomic E-state index is 12.6. The van der Waals surface area contributed by atoms with Crippen LogP contribution >= 0.6 is 0 Å². The molecule has 82 valence electrons. The molecule has 0 saturated heterocycles. The van der Waals surface area contributed by atoms with Crippen LogP contribution in [0.2, 0.25) is 0 Å². The van der Waals surface area contributed by atoms with Gasteiger partial charge in [-0.25, -0.2) is 9.18 Å². The highest BCUT2D eigenvalue weighted by molar-refractivity contribution is 5.85. The lowest BCUT2D eigenvalue weighted by atomic mass is 10.2. The van der Waals surface area contributed by atoms with Crippen molar-refractivity contribution >= 4 is 5.97 Å². The van der Waals surface area contributed by atoms with Gasteiger partial charge in [0.1, 0.15) is 5.82 Å². The Kier molecular flexibility index (Phi) is 2.68. The molecule has 5 heteroatoms. The molecule has 1 heterocycles. The number of hydrogen-bond donors (Lipinski definition) is 1. The molecular formula is C11H9FN2O2. The molecule has 2 aromatic rings. The Balaban J connectivity index is 2.14. The van der Waals surface area contributed by atoms with Crippen LogP contribution in [0.25, 0.3) is 0 Å². The number of aromatic nitrogens is 2. The van der Waals surface area contributed by atoms with E-state index in [0.29, 0.717) is 6.54 Å². The lowest BCUT2D eigenvalue weighted by molar-refractivity contribution is 0.0689. The second kappa shape index (κ2) is 4.14. The van der Waals surface area contributed by atoms with Crippen LogP contribution in [0.15, 0.2) is 36.5 Å². The fourth-order valence-corrected chi connectivity index (χ4v) is 1.34. The van der Waals surface area contributed by atoms with Gasteiger partial charge >= 0.3 is 5.97 Å². The second-order valence-corrected chi connectivity index (χ2v) is 3.33. The van der Waals surface area contributed by atoms with E-state index in [1.54, 1.807) is 18.3 Å². The molecule has 1 aromatic heterocycles. The van der Waals surface area contributed by atoms with E-state index in [0.717, 1.165) is 5.56 Å². The zero-order valence-electron chi connectivity index (χ0n) is 8.30. The maximum Gasteiger partial charge on any atom is 0.356 e. The molecule has 0 unspecified atom stereocenters. The van der Waals surface area contributed by atoms with Gasteiger partial charge in [0.25, 0.3) is 0 Å². The minimum Gasteiger partial charge on any atom is -0.476 e. The minimum atomic E-state index is -1.06. The van der Waals surface area contributed by atoms with Gasteiger partial charge in [-0.1, -0.05) is 12.1 Å². The second-order valence-electron chi connectivity index (χ2n) is 3.33. The predicted octanol–water partition coefficient (Wildman–Crippen LogP) is 1.77. The number of carbonyl (C=O) groups is 1. The highest BCUT2D eigenvalue weighted by atomic mass is 19.1. The van der Waals surface area contributed by atoms with Crippen LogP contribution in [0.4, 0.5) is 4.39 Å². The molecule has 2 rings (SSSR count). The van der Waals surface area contributed by atoms with Gasteiger partial charge in [-0.15, -0.1) is 0 Å². The van der Waals surface area contributed by atoms with Crippen molar-refractivity contribution in [2.75, 3.05) is 0 Å². The van der Waals surface area contributed by atoms with E-state index < -0.39 is 5.97 Å². The van der Waals surface area contributed by atoms with Crippen LogP contribution in [0, 0.1) is 5.82 Å². The summed E-state index contributed by atoms with van der Waals surface area (Å²) in [6.07, 6.45) is 1.58. The van der Waals surface area contributed by atoms with Crippen LogP contribution in [0.1, 0.15) is 16.1 Å². The van der Waals surface area contributed by atoms with Crippen LogP contribution in [-0.4, -0.2) is 20.9 Å². The molecule has 1 aromatic carbocycles. The topological polar surface area (TPSA) is 55.1 Å². The van der Waals surface area contributed by atoms with Gasteiger partial charge in [0.15, 0.2) is 5.69 Å². The van der Waals surface area contributed by atoms with Crippen LogP contribution in [0.5, 0.6) is 0 Å². The van der Waals surface area contributed by atoms with Crippen molar-refractivity contribution in [2.45, 2.75) is 6.54 Å². The third kappa shape index (κ3) is 2.25. The highest BCUT2D eigenvalue weighted by Gasteiger charge is 2.06. The Morgan fingerprint density at radius 2 is 2.00 bits per heavy atom. The summed E-state index contributed by atoms with van der Waals surface area (Å²) < 4.78 is 14.1. The highest BCUT2D eigenvalue weighted by Crippen LogP contribution is 2.05. The number of aromatic carboxylic acids is 1. The lowest BCUT2D eigenvalue weighted by Crippen LogP contribution is -2.03. The van der Waals surface area contributed by atoms with Gasteiger partial charge < -0.3 is 5.11 Å². The summed E-state index contributed by atoms with van der Waals surface area (Å²) in [4.78, 5) is 10.6. The molecular weight excluding hydrogens is 211 g/mol. The third-order valence-electron chi connectivity index (χ3n) is 2.12. The van der Waals surface area contributed by atoms with E-state index in [9.17, 15) is 9.18 Å². The first-order valence-corrected chi connectivity index (χ1v) is 4.66. The summed E-state index contributed by atoms with van der Waals surface area (Å²) in [5, 5.41) is 12.5. The van der Waals surface area contributed by atoms with Crippen LogP contribution in [-0.2, 0) is 6.54 Å². The van der Waals surface area contributed by atoms with Crippen molar-refractivity contribution in [3.63, 3.8) is 0 Å². The monoisotopic (exact) mass is 220 g/mol. The van der Waals surface area contributed by atoms with E-state index in [1.807, 2.05) is 0 Å². The molecule has 1 N–H and O–H groups in total. The van der Waals surface area contributed by atoms with Gasteiger partial charge in [-0.3, -0.25) is 4.68 Å². The van der Waals surface area contributed by atoms with E-state index in [4.69, 9.17) is 5.11 Å². The fourth-order valence-electron chi connectivity index (χ4n) is 1.34. The van der Waals surface area contributed by atoms with E-state index in [2.05, 4.69) is 5.10 Å². The average molecular weight is 220 g/mol. The molecule has 0 aliphatic rings. The van der Waals surface area contributed by atoms with Gasteiger partial charge in [-0.05, 0) is 23.8 Å². The normalized spacial score (nSPS) is 10.3. The largest absolute Gasteiger partial charge is 0.476 e. The molecule has 4 nitrogen and oxygen atoms in total. The SMILES string of the molecule is O=C(O)c1ccn(Cc2ccc(F)cc2)n1. The molecule has 0 spiro atoms. The van der Waals surface area contributed by atoms with E-state index >= 15 is 0 Å². The number of rotatable bonds is 3. The number of carboxylic acids is 1. The maximum atomic E-state index is 12.6. The molecule has 0 fully saturated rings. The minimum absolute atomic E-state index is 0.00196. The summed E-state index contributed by atoms with van der Waals surface area (Å²) in [6, 6.07) is 7.41. The van der Waals surface area contributed by atoms with Crippen LogP contribution in [0.3, 0.4) is 0 Å². The molecule has 0 saturated carbocycles. The lowest BCUT2D eigenvalue weighted by Gasteiger charge is -2.01. The molecule has 16 heavy (non-hydrogen) atoms. The summed E-state index contributed by atoms with van der Waals surface area (Å²) in [5.74, 6) is -1.35. The number of benzene rings is 1. The van der Waals surface area contributed by atoms with Crippen molar-refractivity contribution in [1.82, 2.24) is 9.78 Å². The standard InChI is InChI=1S/C11H9FN2O2/c12-9-3-1-8(2-4-9)7-14-6-5-10(13-14)11(15)16/h1-6H,7H2,(H,15,16). The first kappa shape index (κ1) is 10.4. The van der Waals surface area contributed by atoms with Crippen molar-refractivity contribution in [1.29, 1.82) is 0 Å². The Hall–Kier alpha value is -2.17. The smallest absolute Gasteiger partial charge is 0.356 e. The molecule has 0 amide bonds. The summed E-state index contributed by atoms with van der Waals surface area (Å²) in [7, 11) is 0. The first-order valence-electron chi connectivity index (χ1n) is 4.66. The number of carboxylic acid groups (broad SMARTS) is 1. The zero-order valence-corrected chi connectivity index (χ0v) is 8.30. The third-order valence-corrected chi connectivity index (χ3v) is 2.12. The van der Waals surface area contributed by atoms with Gasteiger partial charge in [0, 0.05) is 6.20 Å². The molecule has 0 radical (unpaired) electrons. The van der Waals surface area contributed by atoms with Gasteiger partial charge in [-0.2, -0.15) is 5.10 Å². The first-order chi connectivity index (χ1) is 7.65. The predicted molar refractivity (Wildman–Crippen MR) is 54.7 cm³/mol. The van der Waals surface area contributed by atoms with Crippen molar-refractivity contribution < 1.29 is 14.3 Å². The van der Waals surface area contributed by atoms with E-state index in [1.165, 1.54) is 22.9 Å². The van der Waals surface area contributed by atoms with Crippen molar-refractivity contribution in [3.05, 3.63) is 53.6 Å². The van der Waals surface area contributed by atoms with Gasteiger partial charge in [0.2, 0.25) is 0 Å². The number of nitrogens with zero attached hydrogens (tertiary/aromatic N) is 2. The van der Waals surface area contributed by atoms with Gasteiger partial charge in [0.05, 0.1) is 6.54 Å². The average Bonchev–Trinajstić information content (AvgIpc) is 2.70. The Bertz CT molecular complexity index is 505. The Morgan fingerprint density at radius 3 is 2.56 bits per heavy atom. The molecule has 0 atom stereocenters. The number of hydrogen-bond acceptors (Lipinski definition) is 2. The summed E-state index contributed by atoms with van der Waals surface area (Å²) in [5.41, 5.74) is 0.864. The summed E-state index contributed by atoms with van der Waals surface area (Å²) in [6.45, 7) is 0.424. The van der Waals surface area contributed by atoms with Crippen molar-refractivity contribution in [2.24, 2.45) is 0 Å². The molecule has 0 aliphatic heterocycles.